The van der Waals surface area contributed by atoms with E-state index in [0.29, 0.717) is 33.3 Å². The number of benzene rings is 3. The van der Waals surface area contributed by atoms with Gasteiger partial charge in [0.25, 0.3) is 11.8 Å². The molecule has 156 valence electrons. The summed E-state index contributed by atoms with van der Waals surface area (Å²) in [6, 6.07) is 17.4. The summed E-state index contributed by atoms with van der Waals surface area (Å²) >= 11 is 6.04. The van der Waals surface area contributed by atoms with Gasteiger partial charge in [0.15, 0.2) is 0 Å². The first-order chi connectivity index (χ1) is 14.9. The highest BCUT2D eigenvalue weighted by Gasteiger charge is 2.40. The maximum atomic E-state index is 13.5. The molecule has 3 aromatic rings. The smallest absolute Gasteiger partial charge is 0.282 e. The van der Waals surface area contributed by atoms with Crippen LogP contribution >= 0.6 is 11.6 Å². The summed E-state index contributed by atoms with van der Waals surface area (Å²) in [5.41, 5.74) is 2.36. The van der Waals surface area contributed by atoms with Crippen LogP contribution in [0.25, 0.3) is 5.57 Å². The predicted molar refractivity (Wildman–Crippen MR) is 119 cm³/mol. The number of ether oxygens (including phenoxy) is 1. The molecule has 31 heavy (non-hydrogen) atoms. The summed E-state index contributed by atoms with van der Waals surface area (Å²) in [5, 5.41) is 3.56. The van der Waals surface area contributed by atoms with Crippen LogP contribution in [0.5, 0.6) is 5.75 Å². The van der Waals surface area contributed by atoms with Crippen molar-refractivity contribution in [1.82, 2.24) is 0 Å². The monoisotopic (exact) mass is 436 g/mol. The Morgan fingerprint density at radius 3 is 2.39 bits per heavy atom. The van der Waals surface area contributed by atoms with Crippen LogP contribution in [0.2, 0.25) is 5.02 Å². The zero-order valence-electron chi connectivity index (χ0n) is 16.8. The molecule has 0 aromatic heterocycles. The summed E-state index contributed by atoms with van der Waals surface area (Å²) in [7, 11) is 1.54. The van der Waals surface area contributed by atoms with Crippen molar-refractivity contribution in [2.24, 2.45) is 0 Å². The molecular formula is C24H18ClFN2O3. The molecule has 5 nitrogen and oxygen atoms in total. The summed E-state index contributed by atoms with van der Waals surface area (Å²) < 4.78 is 18.7. The molecule has 1 aliphatic heterocycles. The molecule has 0 spiro atoms. The Morgan fingerprint density at radius 1 is 0.968 bits per heavy atom. The highest BCUT2D eigenvalue weighted by molar-refractivity contribution is 6.46. The van der Waals surface area contributed by atoms with Crippen molar-refractivity contribution >= 4 is 40.4 Å². The Morgan fingerprint density at radius 2 is 1.71 bits per heavy atom. The first-order valence-electron chi connectivity index (χ1n) is 9.45. The number of rotatable bonds is 5. The average Bonchev–Trinajstić information content (AvgIpc) is 2.99. The largest absolute Gasteiger partial charge is 0.497 e. The van der Waals surface area contributed by atoms with E-state index >= 15 is 0 Å². The summed E-state index contributed by atoms with van der Waals surface area (Å²) in [5.74, 6) is -0.866. The molecule has 1 N–H and O–H groups in total. The van der Waals surface area contributed by atoms with Gasteiger partial charge in [0.05, 0.1) is 18.4 Å². The van der Waals surface area contributed by atoms with Gasteiger partial charge in [0, 0.05) is 16.8 Å². The molecular weight excluding hydrogens is 419 g/mol. The Kier molecular flexibility index (Phi) is 5.48. The van der Waals surface area contributed by atoms with Gasteiger partial charge >= 0.3 is 0 Å². The van der Waals surface area contributed by atoms with Gasteiger partial charge in [0.1, 0.15) is 17.3 Å². The van der Waals surface area contributed by atoms with Crippen LogP contribution in [0.4, 0.5) is 15.8 Å². The van der Waals surface area contributed by atoms with Crippen LogP contribution in [0.1, 0.15) is 11.1 Å². The molecule has 0 unspecified atom stereocenters. The molecule has 7 heteroatoms. The van der Waals surface area contributed by atoms with E-state index in [2.05, 4.69) is 5.32 Å². The second-order valence-corrected chi connectivity index (χ2v) is 7.43. The number of hydrogen-bond acceptors (Lipinski definition) is 4. The third-order valence-electron chi connectivity index (χ3n) is 4.96. The van der Waals surface area contributed by atoms with Crippen molar-refractivity contribution in [1.29, 1.82) is 0 Å². The molecule has 2 amide bonds. The number of halogens is 2. The minimum atomic E-state index is -0.516. The fraction of sp³-hybridized carbons (Fsp3) is 0.0833. The summed E-state index contributed by atoms with van der Waals surface area (Å²) in [4.78, 5) is 27.9. The quantitative estimate of drug-likeness (QED) is 0.559. The molecule has 0 aliphatic carbocycles. The number of hydrogen-bond donors (Lipinski definition) is 1. The molecule has 1 aliphatic rings. The molecule has 0 atom stereocenters. The molecule has 0 fully saturated rings. The van der Waals surface area contributed by atoms with Crippen LogP contribution in [0.3, 0.4) is 0 Å². The lowest BCUT2D eigenvalue weighted by Gasteiger charge is -2.18. The molecule has 0 bridgehead atoms. The van der Waals surface area contributed by atoms with Crippen LogP contribution in [0, 0.1) is 12.7 Å². The van der Waals surface area contributed by atoms with Crippen molar-refractivity contribution in [2.75, 3.05) is 17.3 Å². The van der Waals surface area contributed by atoms with E-state index in [0.717, 1.165) is 4.90 Å². The Bertz CT molecular complexity index is 1220. The summed E-state index contributed by atoms with van der Waals surface area (Å²) in [6.07, 6.45) is 0. The van der Waals surface area contributed by atoms with Crippen LogP contribution in [-0.4, -0.2) is 18.9 Å². The normalized spacial score (nSPS) is 13.7. The maximum absolute atomic E-state index is 13.5. The molecule has 0 saturated heterocycles. The molecule has 4 rings (SSSR count). The lowest BCUT2D eigenvalue weighted by Crippen LogP contribution is -2.33. The van der Waals surface area contributed by atoms with Crippen molar-refractivity contribution in [3.63, 3.8) is 0 Å². The first-order valence-corrected chi connectivity index (χ1v) is 9.83. The van der Waals surface area contributed by atoms with E-state index in [-0.39, 0.29) is 11.3 Å². The van der Waals surface area contributed by atoms with Crippen molar-refractivity contribution in [2.45, 2.75) is 6.92 Å². The van der Waals surface area contributed by atoms with Gasteiger partial charge in [-0.15, -0.1) is 0 Å². The number of carbonyl (C=O) groups excluding carboxylic acids is 2. The highest BCUT2D eigenvalue weighted by Crippen LogP contribution is 2.36. The molecule has 0 radical (unpaired) electrons. The number of nitrogens with one attached hydrogen (secondary N) is 1. The van der Waals surface area contributed by atoms with Crippen molar-refractivity contribution in [3.05, 3.63) is 94.4 Å². The van der Waals surface area contributed by atoms with Gasteiger partial charge in [-0.05, 0) is 60.5 Å². The number of nitrogens with zero attached hydrogens (tertiary/aromatic N) is 1. The van der Waals surface area contributed by atoms with Crippen molar-refractivity contribution < 1.29 is 18.7 Å². The topological polar surface area (TPSA) is 58.6 Å². The number of imide groups is 1. The Balaban J connectivity index is 1.83. The van der Waals surface area contributed by atoms with E-state index in [4.69, 9.17) is 16.3 Å². The van der Waals surface area contributed by atoms with E-state index in [1.54, 1.807) is 49.4 Å². The fourth-order valence-corrected chi connectivity index (χ4v) is 3.69. The highest BCUT2D eigenvalue weighted by atomic mass is 35.5. The zero-order chi connectivity index (χ0) is 22.1. The van der Waals surface area contributed by atoms with Gasteiger partial charge in [-0.1, -0.05) is 29.8 Å². The molecule has 0 saturated carbocycles. The number of anilines is 2. The van der Waals surface area contributed by atoms with Gasteiger partial charge in [-0.25, -0.2) is 9.29 Å². The minimum absolute atomic E-state index is 0.0965. The Labute approximate surface area is 183 Å². The van der Waals surface area contributed by atoms with Gasteiger partial charge < -0.3 is 10.1 Å². The van der Waals surface area contributed by atoms with Gasteiger partial charge in [-0.3, -0.25) is 9.59 Å². The Hall–Kier alpha value is -3.64. The van der Waals surface area contributed by atoms with Crippen molar-refractivity contribution in [3.8, 4) is 5.75 Å². The van der Waals surface area contributed by atoms with E-state index in [9.17, 15) is 14.0 Å². The third kappa shape index (κ3) is 3.90. The number of aryl methyl sites for hydroxylation is 1. The van der Waals surface area contributed by atoms with Gasteiger partial charge in [-0.2, -0.15) is 0 Å². The van der Waals surface area contributed by atoms with Crippen LogP contribution in [0.15, 0.2) is 72.4 Å². The fourth-order valence-electron chi connectivity index (χ4n) is 3.46. The predicted octanol–water partition coefficient (Wildman–Crippen LogP) is 5.19. The van der Waals surface area contributed by atoms with E-state index < -0.39 is 17.6 Å². The standard InChI is InChI=1S/C24H18ClFN2O3/c1-14-12-16(25)8-11-20(14)28-23(29)21(15-6-9-17(26)10-7-15)22(24(28)30)27-18-4-3-5-19(13-18)31-2/h3-13,27H,1-2H3. The van der Waals surface area contributed by atoms with E-state index in [1.165, 1.54) is 31.4 Å². The maximum Gasteiger partial charge on any atom is 0.282 e. The SMILES string of the molecule is COc1cccc(NC2=C(c3ccc(F)cc3)C(=O)N(c3ccc(Cl)cc3C)C2=O)c1. The number of amides is 2. The third-order valence-corrected chi connectivity index (χ3v) is 5.19. The number of methoxy groups -OCH3 is 1. The van der Waals surface area contributed by atoms with Crippen LogP contribution in [-0.2, 0) is 9.59 Å². The lowest BCUT2D eigenvalue weighted by atomic mass is 10.0. The lowest BCUT2D eigenvalue weighted by molar-refractivity contribution is -0.120. The van der Waals surface area contributed by atoms with E-state index in [1.807, 2.05) is 0 Å². The second kappa shape index (κ2) is 8.24. The average molecular weight is 437 g/mol. The zero-order valence-corrected chi connectivity index (χ0v) is 17.5. The second-order valence-electron chi connectivity index (χ2n) is 6.99. The molecule has 3 aromatic carbocycles. The first kappa shape index (κ1) is 20.6. The minimum Gasteiger partial charge on any atom is -0.497 e. The number of carbonyl (C=O) groups is 2. The summed E-state index contributed by atoms with van der Waals surface area (Å²) in [6.45, 7) is 1.77. The molecule has 1 heterocycles. The van der Waals surface area contributed by atoms with Gasteiger partial charge in [0.2, 0.25) is 0 Å². The van der Waals surface area contributed by atoms with Crippen LogP contribution < -0.4 is 15.0 Å².